The molecule has 2 aliphatic rings. The smallest absolute Gasteiger partial charge is 0.410 e. The van der Waals surface area contributed by atoms with Crippen LogP contribution in [0.15, 0.2) is 18.2 Å². The fourth-order valence-electron chi connectivity index (χ4n) is 3.98. The van der Waals surface area contributed by atoms with Gasteiger partial charge in [0.15, 0.2) is 0 Å². The van der Waals surface area contributed by atoms with E-state index in [0.717, 1.165) is 5.56 Å². The van der Waals surface area contributed by atoms with E-state index in [-0.39, 0.29) is 29.8 Å². The molecule has 2 fully saturated rings. The Hall–Kier alpha value is -2.75. The van der Waals surface area contributed by atoms with Gasteiger partial charge in [0.1, 0.15) is 18.0 Å². The van der Waals surface area contributed by atoms with E-state index in [1.807, 2.05) is 41.5 Å². The summed E-state index contributed by atoms with van der Waals surface area (Å²) in [6.07, 6.45) is -0.305. The molecule has 3 atom stereocenters. The molecule has 1 aromatic rings. The van der Waals surface area contributed by atoms with E-state index in [0.29, 0.717) is 31.0 Å². The summed E-state index contributed by atoms with van der Waals surface area (Å²) in [5.74, 6) is 1.07. The lowest BCUT2D eigenvalue weighted by molar-refractivity contribution is -0.125. The summed E-state index contributed by atoms with van der Waals surface area (Å²) < 4.78 is 11.3. The second-order valence-electron chi connectivity index (χ2n) is 9.99. The number of amides is 2. The van der Waals surface area contributed by atoms with Gasteiger partial charge in [-0.2, -0.15) is 5.26 Å². The van der Waals surface area contributed by atoms with Crippen molar-refractivity contribution in [3.63, 3.8) is 0 Å². The summed E-state index contributed by atoms with van der Waals surface area (Å²) >= 11 is 0. The molecule has 1 saturated carbocycles. The third-order valence-electron chi connectivity index (χ3n) is 5.50. The van der Waals surface area contributed by atoms with Gasteiger partial charge in [-0.3, -0.25) is 4.79 Å². The van der Waals surface area contributed by atoms with Gasteiger partial charge in [-0.25, -0.2) is 4.79 Å². The fourth-order valence-corrected chi connectivity index (χ4v) is 3.98. The lowest BCUT2D eigenvalue weighted by Crippen LogP contribution is -2.49. The van der Waals surface area contributed by atoms with Crippen molar-refractivity contribution in [2.24, 2.45) is 17.8 Å². The number of likely N-dealkylation sites (tertiary alicyclic amines) is 1. The summed E-state index contributed by atoms with van der Waals surface area (Å²) in [5, 5.41) is 12.1. The number of nitriles is 1. The van der Waals surface area contributed by atoms with Crippen LogP contribution in [0.5, 0.6) is 5.75 Å². The second kappa shape index (κ2) is 7.82. The summed E-state index contributed by atoms with van der Waals surface area (Å²) in [7, 11) is 0. The Bertz CT molecular complexity index is 869. The molecule has 7 nitrogen and oxygen atoms in total. The highest BCUT2D eigenvalue weighted by Gasteiger charge is 2.61. The molecule has 0 radical (unpaired) electrons. The van der Waals surface area contributed by atoms with Crippen LogP contribution < -0.4 is 10.1 Å². The first-order chi connectivity index (χ1) is 13.9. The van der Waals surface area contributed by atoms with Gasteiger partial charge in [0.2, 0.25) is 5.91 Å². The molecule has 1 aliphatic carbocycles. The highest BCUT2D eigenvalue weighted by Crippen LogP contribution is 2.52. The molecule has 0 aromatic heterocycles. The topological polar surface area (TPSA) is 91.7 Å². The van der Waals surface area contributed by atoms with Crippen LogP contribution in [0.1, 0.15) is 45.7 Å². The van der Waals surface area contributed by atoms with Gasteiger partial charge in [-0.15, -0.1) is 0 Å². The van der Waals surface area contributed by atoms with Crippen LogP contribution in [-0.4, -0.2) is 47.7 Å². The number of benzene rings is 1. The number of hydrogen-bond acceptors (Lipinski definition) is 5. The molecule has 7 heteroatoms. The summed E-state index contributed by atoms with van der Waals surface area (Å²) in [4.78, 5) is 26.7. The normalized spacial score (nSPS) is 22.7. The second-order valence-corrected chi connectivity index (χ2v) is 9.99. The van der Waals surface area contributed by atoms with Crippen LogP contribution in [0.25, 0.3) is 0 Å². The quantitative estimate of drug-likeness (QED) is 0.800. The maximum atomic E-state index is 12.8. The lowest BCUT2D eigenvalue weighted by Gasteiger charge is -2.28. The van der Waals surface area contributed by atoms with Crippen LogP contribution in [0.2, 0.25) is 0 Å². The molecule has 30 heavy (non-hydrogen) atoms. The van der Waals surface area contributed by atoms with Gasteiger partial charge in [0.05, 0.1) is 17.2 Å². The van der Waals surface area contributed by atoms with Gasteiger partial charge in [0.25, 0.3) is 0 Å². The number of fused-ring (bicyclic) bond motifs is 1. The van der Waals surface area contributed by atoms with Gasteiger partial charge in [-0.05, 0) is 77.1 Å². The molecule has 1 aliphatic heterocycles. The number of rotatable bonds is 5. The number of aryl methyl sites for hydroxylation is 1. The van der Waals surface area contributed by atoms with Gasteiger partial charge < -0.3 is 19.7 Å². The zero-order valence-corrected chi connectivity index (χ0v) is 18.6. The number of nitrogens with one attached hydrogen (secondary N) is 1. The number of ether oxygens (including phenoxy) is 2. The molecule has 1 aromatic carbocycles. The van der Waals surface area contributed by atoms with Crippen LogP contribution in [0, 0.1) is 36.0 Å². The number of piperidine rings is 1. The molecule has 2 amide bonds. The maximum absolute atomic E-state index is 12.8. The molecule has 0 unspecified atom stereocenters. The average molecular weight is 414 g/mol. The Morgan fingerprint density at radius 1 is 1.20 bits per heavy atom. The van der Waals surface area contributed by atoms with Crippen LogP contribution in [0.4, 0.5) is 4.79 Å². The first kappa shape index (κ1) is 21.9. The Morgan fingerprint density at radius 3 is 2.37 bits per heavy atom. The predicted molar refractivity (Wildman–Crippen MR) is 112 cm³/mol. The molecular formula is C23H31N3O4. The van der Waals surface area contributed by atoms with Crippen molar-refractivity contribution in [2.45, 2.75) is 52.7 Å². The van der Waals surface area contributed by atoms with Crippen molar-refractivity contribution in [1.29, 1.82) is 5.26 Å². The fraction of sp³-hybridized carbons (Fsp3) is 0.609. The molecule has 162 valence electrons. The Labute approximate surface area is 178 Å². The standard InChI is InChI=1S/C23H31N3O4/c1-14-9-15(10-24)7-8-18(14)29-13-23(5,6)25-20(27)19-16-11-26(12-17(16)19)21(28)30-22(2,3)4/h7-9,16-17,19H,11-13H2,1-6H3,(H,25,27)/t16-,17+,19+. The zero-order valence-electron chi connectivity index (χ0n) is 18.6. The SMILES string of the molecule is Cc1cc(C#N)ccc1OCC(C)(C)NC(=O)[C@H]1[C@@H]2CN(C(=O)OC(C)(C)C)C[C@@H]21. The van der Waals surface area contributed by atoms with Crippen molar-refractivity contribution in [2.75, 3.05) is 19.7 Å². The molecule has 1 heterocycles. The zero-order chi connectivity index (χ0) is 22.3. The van der Waals surface area contributed by atoms with E-state index in [4.69, 9.17) is 14.7 Å². The Morgan fingerprint density at radius 2 is 1.83 bits per heavy atom. The third-order valence-corrected chi connectivity index (χ3v) is 5.50. The number of carbonyl (C=O) groups is 2. The van der Waals surface area contributed by atoms with Gasteiger partial charge >= 0.3 is 6.09 Å². The minimum absolute atomic E-state index is 0.0130. The molecule has 1 N–H and O–H groups in total. The van der Waals surface area contributed by atoms with E-state index in [1.165, 1.54) is 0 Å². The molecular weight excluding hydrogens is 382 g/mol. The van der Waals surface area contributed by atoms with Crippen LogP contribution in [0.3, 0.4) is 0 Å². The van der Waals surface area contributed by atoms with Crippen molar-refractivity contribution >= 4 is 12.0 Å². The van der Waals surface area contributed by atoms with Crippen LogP contribution in [-0.2, 0) is 9.53 Å². The minimum Gasteiger partial charge on any atom is -0.491 e. The number of carbonyl (C=O) groups excluding carboxylic acids is 2. The van der Waals surface area contributed by atoms with E-state index in [1.54, 1.807) is 23.1 Å². The highest BCUT2D eigenvalue weighted by molar-refractivity contribution is 5.84. The maximum Gasteiger partial charge on any atom is 0.410 e. The van der Waals surface area contributed by atoms with E-state index >= 15 is 0 Å². The summed E-state index contributed by atoms with van der Waals surface area (Å²) in [5.41, 5.74) is 0.417. The summed E-state index contributed by atoms with van der Waals surface area (Å²) in [6, 6.07) is 7.39. The monoisotopic (exact) mass is 413 g/mol. The van der Waals surface area contributed by atoms with E-state index < -0.39 is 11.1 Å². The molecule has 3 rings (SSSR count). The lowest BCUT2D eigenvalue weighted by atomic mass is 10.1. The Kier molecular flexibility index (Phi) is 5.72. The van der Waals surface area contributed by atoms with Crippen molar-refractivity contribution in [3.05, 3.63) is 29.3 Å². The van der Waals surface area contributed by atoms with Crippen LogP contribution >= 0.6 is 0 Å². The largest absolute Gasteiger partial charge is 0.491 e. The number of nitrogens with zero attached hydrogens (tertiary/aromatic N) is 2. The van der Waals surface area contributed by atoms with Crippen molar-refractivity contribution < 1.29 is 19.1 Å². The van der Waals surface area contributed by atoms with Crippen molar-refractivity contribution in [1.82, 2.24) is 10.2 Å². The third kappa shape index (κ3) is 5.05. The molecule has 1 saturated heterocycles. The summed E-state index contributed by atoms with van der Waals surface area (Å²) in [6.45, 7) is 12.7. The first-order valence-corrected chi connectivity index (χ1v) is 10.3. The molecule has 0 bridgehead atoms. The first-order valence-electron chi connectivity index (χ1n) is 10.3. The van der Waals surface area contributed by atoms with E-state index in [9.17, 15) is 9.59 Å². The highest BCUT2D eigenvalue weighted by atomic mass is 16.6. The van der Waals surface area contributed by atoms with Crippen molar-refractivity contribution in [3.8, 4) is 11.8 Å². The van der Waals surface area contributed by atoms with Gasteiger partial charge in [-0.1, -0.05) is 0 Å². The Balaban J connectivity index is 1.48. The molecule has 0 spiro atoms. The minimum atomic E-state index is -0.542. The number of hydrogen-bond donors (Lipinski definition) is 1. The predicted octanol–water partition coefficient (Wildman–Crippen LogP) is 3.25. The van der Waals surface area contributed by atoms with Gasteiger partial charge in [0, 0.05) is 19.0 Å². The average Bonchev–Trinajstić information content (AvgIpc) is 3.13. The van der Waals surface area contributed by atoms with E-state index in [2.05, 4.69) is 11.4 Å².